The van der Waals surface area contributed by atoms with E-state index in [1.54, 1.807) is 0 Å². The Balaban J connectivity index is 2.07. The smallest absolute Gasteiger partial charge is 0.406 e. The zero-order chi connectivity index (χ0) is 19.7. The molecule has 9 heteroatoms. The van der Waals surface area contributed by atoms with Crippen LogP contribution in [0.25, 0.3) is 0 Å². The van der Waals surface area contributed by atoms with E-state index in [0.29, 0.717) is 30.1 Å². The first-order valence-electron chi connectivity index (χ1n) is 8.09. The molecule has 0 aromatic heterocycles. The number of nitrogens with two attached hydrogens (primary N) is 1. The SMILES string of the molecule is NC(C1=NCCCN1)(c1ccc(OC(F)(F)F)cc1)c1ccc(F)c(Br)c1. The molecule has 3 rings (SSSR count). The Hall–Kier alpha value is -2.13. The van der Waals surface area contributed by atoms with Crippen molar-refractivity contribution in [1.29, 1.82) is 0 Å². The van der Waals surface area contributed by atoms with Gasteiger partial charge in [-0.05, 0) is 57.7 Å². The van der Waals surface area contributed by atoms with Crippen molar-refractivity contribution in [1.82, 2.24) is 5.32 Å². The highest BCUT2D eigenvalue weighted by molar-refractivity contribution is 9.10. The van der Waals surface area contributed by atoms with Gasteiger partial charge in [-0.3, -0.25) is 4.99 Å². The van der Waals surface area contributed by atoms with Gasteiger partial charge in [-0.15, -0.1) is 13.2 Å². The molecule has 1 unspecified atom stereocenters. The van der Waals surface area contributed by atoms with Gasteiger partial charge in [0.15, 0.2) is 0 Å². The standard InChI is InChI=1S/C18H16BrF4N3O/c19-14-10-12(4-7-15(14)20)17(24,16-25-8-1-9-26-16)11-2-5-13(6-3-11)27-18(21,22)23/h2-7,10H,1,8-9,24H2,(H,25,26). The van der Waals surface area contributed by atoms with Gasteiger partial charge < -0.3 is 15.8 Å². The first-order valence-corrected chi connectivity index (χ1v) is 8.89. The number of hydrogen-bond acceptors (Lipinski definition) is 4. The van der Waals surface area contributed by atoms with Gasteiger partial charge in [-0.25, -0.2) is 4.39 Å². The van der Waals surface area contributed by atoms with Crippen LogP contribution in [0.4, 0.5) is 17.6 Å². The first kappa shape index (κ1) is 19.6. The van der Waals surface area contributed by atoms with Crippen LogP contribution in [0.5, 0.6) is 5.75 Å². The molecule has 0 fully saturated rings. The zero-order valence-electron chi connectivity index (χ0n) is 14.0. The highest BCUT2D eigenvalue weighted by Crippen LogP contribution is 2.33. The van der Waals surface area contributed by atoms with Crippen LogP contribution in [0, 0.1) is 5.82 Å². The second kappa shape index (κ2) is 7.47. The minimum Gasteiger partial charge on any atom is -0.406 e. The van der Waals surface area contributed by atoms with Crippen LogP contribution < -0.4 is 15.8 Å². The predicted octanol–water partition coefficient (Wildman–Crippen LogP) is 4.08. The van der Waals surface area contributed by atoms with E-state index < -0.39 is 17.7 Å². The first-order chi connectivity index (χ1) is 12.7. The number of ether oxygens (including phenoxy) is 1. The van der Waals surface area contributed by atoms with Crippen LogP contribution in [0.2, 0.25) is 0 Å². The topological polar surface area (TPSA) is 59.6 Å². The number of nitrogens with zero attached hydrogens (tertiary/aromatic N) is 1. The average molecular weight is 446 g/mol. The van der Waals surface area contributed by atoms with Crippen molar-refractivity contribution < 1.29 is 22.3 Å². The largest absolute Gasteiger partial charge is 0.573 e. The van der Waals surface area contributed by atoms with Crippen LogP contribution in [0.15, 0.2) is 51.9 Å². The maximum Gasteiger partial charge on any atom is 0.573 e. The van der Waals surface area contributed by atoms with Gasteiger partial charge in [-0.2, -0.15) is 0 Å². The van der Waals surface area contributed by atoms with E-state index in [4.69, 9.17) is 5.73 Å². The summed E-state index contributed by atoms with van der Waals surface area (Å²) in [5, 5.41) is 3.15. The number of aliphatic imine (C=N–C) groups is 1. The molecule has 0 aliphatic carbocycles. The monoisotopic (exact) mass is 445 g/mol. The quantitative estimate of drug-likeness (QED) is 0.697. The predicted molar refractivity (Wildman–Crippen MR) is 97.1 cm³/mol. The summed E-state index contributed by atoms with van der Waals surface area (Å²) in [6.07, 6.45) is -3.94. The molecule has 4 nitrogen and oxygen atoms in total. The Morgan fingerprint density at radius 2 is 1.74 bits per heavy atom. The summed E-state index contributed by atoms with van der Waals surface area (Å²) in [5.74, 6) is -0.335. The Morgan fingerprint density at radius 1 is 1.07 bits per heavy atom. The summed E-state index contributed by atoms with van der Waals surface area (Å²) in [4.78, 5) is 4.45. The summed E-state index contributed by atoms with van der Waals surface area (Å²) in [5.41, 5.74) is 6.45. The molecule has 0 saturated carbocycles. The molecule has 144 valence electrons. The Labute approximate surface area is 161 Å². The van der Waals surface area contributed by atoms with E-state index in [1.165, 1.54) is 42.5 Å². The summed E-state index contributed by atoms with van der Waals surface area (Å²) in [7, 11) is 0. The third-order valence-electron chi connectivity index (χ3n) is 4.19. The van der Waals surface area contributed by atoms with Gasteiger partial charge in [0, 0.05) is 13.1 Å². The molecular formula is C18H16BrF4N3O. The van der Waals surface area contributed by atoms with Gasteiger partial charge in [0.1, 0.15) is 22.9 Å². The molecule has 2 aromatic rings. The number of rotatable bonds is 4. The van der Waals surface area contributed by atoms with Gasteiger partial charge in [0.25, 0.3) is 0 Å². The molecule has 2 aromatic carbocycles. The number of nitrogens with one attached hydrogen (secondary N) is 1. The van der Waals surface area contributed by atoms with Crippen LogP contribution in [-0.4, -0.2) is 25.3 Å². The maximum absolute atomic E-state index is 13.7. The van der Waals surface area contributed by atoms with E-state index in [0.717, 1.165) is 6.42 Å². The third kappa shape index (κ3) is 4.24. The number of hydrogen-bond donors (Lipinski definition) is 2. The van der Waals surface area contributed by atoms with E-state index >= 15 is 0 Å². The van der Waals surface area contributed by atoms with Crippen molar-refractivity contribution in [3.63, 3.8) is 0 Å². The summed E-state index contributed by atoms with van der Waals surface area (Å²) >= 11 is 3.14. The fourth-order valence-corrected chi connectivity index (χ4v) is 3.28. The van der Waals surface area contributed by atoms with Crippen molar-refractivity contribution in [2.75, 3.05) is 13.1 Å². The van der Waals surface area contributed by atoms with Crippen molar-refractivity contribution in [3.8, 4) is 5.75 Å². The van der Waals surface area contributed by atoms with E-state index in [9.17, 15) is 17.6 Å². The molecule has 1 aliphatic rings. The minimum absolute atomic E-state index is 0.225. The number of halogens is 5. The van der Waals surface area contributed by atoms with Crippen LogP contribution in [-0.2, 0) is 5.54 Å². The normalized spacial score (nSPS) is 16.9. The lowest BCUT2D eigenvalue weighted by molar-refractivity contribution is -0.274. The second-order valence-corrected chi connectivity index (χ2v) is 6.87. The molecule has 1 heterocycles. The van der Waals surface area contributed by atoms with Crippen LogP contribution >= 0.6 is 15.9 Å². The summed E-state index contributed by atoms with van der Waals surface area (Å²) < 4.78 is 55.0. The molecule has 0 spiro atoms. The molecular weight excluding hydrogens is 430 g/mol. The van der Waals surface area contributed by atoms with Crippen molar-refractivity contribution in [2.45, 2.75) is 18.3 Å². The van der Waals surface area contributed by atoms with E-state index in [-0.39, 0.29) is 10.2 Å². The van der Waals surface area contributed by atoms with Crippen LogP contribution in [0.3, 0.4) is 0 Å². The minimum atomic E-state index is -4.78. The maximum atomic E-state index is 13.7. The Morgan fingerprint density at radius 3 is 2.30 bits per heavy atom. The van der Waals surface area contributed by atoms with E-state index in [2.05, 4.69) is 31.0 Å². The second-order valence-electron chi connectivity index (χ2n) is 6.02. The van der Waals surface area contributed by atoms with Gasteiger partial charge in [-0.1, -0.05) is 18.2 Å². The summed E-state index contributed by atoms with van der Waals surface area (Å²) in [6, 6.07) is 9.59. The van der Waals surface area contributed by atoms with Crippen LogP contribution in [0.1, 0.15) is 17.5 Å². The highest BCUT2D eigenvalue weighted by atomic mass is 79.9. The van der Waals surface area contributed by atoms with Gasteiger partial charge >= 0.3 is 6.36 Å². The molecule has 0 amide bonds. The van der Waals surface area contributed by atoms with Gasteiger partial charge in [0.05, 0.1) is 4.47 Å². The fraction of sp³-hybridized carbons (Fsp3) is 0.278. The zero-order valence-corrected chi connectivity index (χ0v) is 15.6. The van der Waals surface area contributed by atoms with Gasteiger partial charge in [0.2, 0.25) is 0 Å². The molecule has 27 heavy (non-hydrogen) atoms. The summed E-state index contributed by atoms with van der Waals surface area (Å²) in [6.45, 7) is 1.23. The molecule has 0 radical (unpaired) electrons. The number of benzene rings is 2. The average Bonchev–Trinajstić information content (AvgIpc) is 2.63. The molecule has 1 atom stereocenters. The fourth-order valence-electron chi connectivity index (χ4n) is 2.90. The van der Waals surface area contributed by atoms with Crippen molar-refractivity contribution in [2.24, 2.45) is 10.7 Å². The molecule has 0 bridgehead atoms. The molecule has 3 N–H and O–H groups in total. The third-order valence-corrected chi connectivity index (χ3v) is 4.80. The lowest BCUT2D eigenvalue weighted by Crippen LogP contribution is -2.53. The van der Waals surface area contributed by atoms with Crippen molar-refractivity contribution >= 4 is 21.8 Å². The van der Waals surface area contributed by atoms with Crippen molar-refractivity contribution in [3.05, 3.63) is 63.9 Å². The Bertz CT molecular complexity index is 855. The molecule has 0 saturated heterocycles. The number of alkyl halides is 3. The van der Waals surface area contributed by atoms with E-state index in [1.807, 2.05) is 0 Å². The highest BCUT2D eigenvalue weighted by Gasteiger charge is 2.37. The Kier molecular flexibility index (Phi) is 5.43. The lowest BCUT2D eigenvalue weighted by atomic mass is 9.82. The lowest BCUT2D eigenvalue weighted by Gasteiger charge is -2.34. The molecule has 1 aliphatic heterocycles. The number of amidine groups is 1.